The number of nitriles is 1. The second kappa shape index (κ2) is 6.24. The van der Waals surface area contributed by atoms with Gasteiger partial charge in [0.05, 0.1) is 30.2 Å². The average molecular weight is 254 g/mol. The highest BCUT2D eigenvalue weighted by Gasteiger charge is 2.14. The molecule has 0 atom stereocenters. The highest BCUT2D eigenvalue weighted by Crippen LogP contribution is 2.25. The van der Waals surface area contributed by atoms with E-state index in [1.54, 1.807) is 19.1 Å². The zero-order valence-corrected chi connectivity index (χ0v) is 10.1. The monoisotopic (exact) mass is 253 g/mol. The van der Waals surface area contributed by atoms with E-state index in [1.807, 2.05) is 6.07 Å². The van der Waals surface area contributed by atoms with Crippen molar-refractivity contribution in [3.05, 3.63) is 33.8 Å². The molecular formula is C12H12ClNO3. The van der Waals surface area contributed by atoms with Gasteiger partial charge in [0.2, 0.25) is 0 Å². The molecule has 4 nitrogen and oxygen atoms in total. The number of hydrogen-bond donors (Lipinski definition) is 1. The SMILES string of the molecule is CCOC(=O)Cc1ccc(CO)c(C#N)c1Cl. The van der Waals surface area contributed by atoms with E-state index in [0.717, 1.165) is 0 Å². The molecule has 0 saturated heterocycles. The Hall–Kier alpha value is -1.57. The molecular weight excluding hydrogens is 242 g/mol. The van der Waals surface area contributed by atoms with Crippen molar-refractivity contribution < 1.29 is 14.6 Å². The van der Waals surface area contributed by atoms with Crippen molar-refractivity contribution in [2.75, 3.05) is 6.61 Å². The van der Waals surface area contributed by atoms with Gasteiger partial charge in [0.15, 0.2) is 0 Å². The molecule has 0 spiro atoms. The third-order valence-corrected chi connectivity index (χ3v) is 2.66. The Kier molecular flexibility index (Phi) is 4.95. The van der Waals surface area contributed by atoms with Crippen LogP contribution in [0.25, 0.3) is 0 Å². The van der Waals surface area contributed by atoms with Gasteiger partial charge in [-0.05, 0) is 18.1 Å². The third kappa shape index (κ3) is 3.19. The molecule has 0 aliphatic heterocycles. The number of aliphatic hydroxyl groups excluding tert-OH is 1. The molecule has 0 aliphatic carbocycles. The van der Waals surface area contributed by atoms with Gasteiger partial charge in [0.25, 0.3) is 0 Å². The van der Waals surface area contributed by atoms with Crippen molar-refractivity contribution in [1.82, 2.24) is 0 Å². The zero-order valence-electron chi connectivity index (χ0n) is 9.36. The fraction of sp³-hybridized carbons (Fsp3) is 0.333. The first-order valence-electron chi connectivity index (χ1n) is 5.10. The Balaban J connectivity index is 3.04. The van der Waals surface area contributed by atoms with Crippen LogP contribution in [0.1, 0.15) is 23.6 Å². The summed E-state index contributed by atoms with van der Waals surface area (Å²) in [5.74, 6) is -0.393. The van der Waals surface area contributed by atoms with Crippen LogP contribution in [0.4, 0.5) is 0 Å². The fourth-order valence-corrected chi connectivity index (χ4v) is 1.71. The van der Waals surface area contributed by atoms with Gasteiger partial charge in [-0.1, -0.05) is 23.7 Å². The summed E-state index contributed by atoms with van der Waals surface area (Å²) in [5, 5.41) is 18.2. The fourth-order valence-electron chi connectivity index (χ4n) is 1.42. The smallest absolute Gasteiger partial charge is 0.310 e. The van der Waals surface area contributed by atoms with E-state index in [1.165, 1.54) is 0 Å². The van der Waals surface area contributed by atoms with Crippen LogP contribution < -0.4 is 0 Å². The lowest BCUT2D eigenvalue weighted by molar-refractivity contribution is -0.142. The molecule has 0 saturated carbocycles. The number of nitrogens with zero attached hydrogens (tertiary/aromatic N) is 1. The molecule has 1 aromatic carbocycles. The molecule has 0 radical (unpaired) electrons. The van der Waals surface area contributed by atoms with Gasteiger partial charge < -0.3 is 9.84 Å². The maximum absolute atomic E-state index is 11.3. The van der Waals surface area contributed by atoms with Crippen LogP contribution >= 0.6 is 11.6 Å². The number of carbonyl (C=O) groups is 1. The second-order valence-electron chi connectivity index (χ2n) is 3.32. The van der Waals surface area contributed by atoms with E-state index in [2.05, 4.69) is 0 Å². The number of hydrogen-bond acceptors (Lipinski definition) is 4. The lowest BCUT2D eigenvalue weighted by Crippen LogP contribution is -2.08. The maximum atomic E-state index is 11.3. The standard InChI is InChI=1S/C12H12ClNO3/c1-2-17-11(16)5-8-3-4-9(7-15)10(6-14)12(8)13/h3-4,15H,2,5,7H2,1H3. The molecule has 5 heteroatoms. The summed E-state index contributed by atoms with van der Waals surface area (Å²) in [5.41, 5.74) is 1.18. The van der Waals surface area contributed by atoms with Crippen molar-refractivity contribution in [1.29, 1.82) is 5.26 Å². The largest absolute Gasteiger partial charge is 0.466 e. The number of esters is 1. The van der Waals surface area contributed by atoms with Crippen LogP contribution in [0, 0.1) is 11.3 Å². The molecule has 0 fully saturated rings. The minimum absolute atomic E-state index is 0.0209. The van der Waals surface area contributed by atoms with Crippen LogP contribution in [-0.2, 0) is 22.6 Å². The Morgan fingerprint density at radius 1 is 1.53 bits per heavy atom. The summed E-state index contributed by atoms with van der Waals surface area (Å²) in [6.07, 6.45) is 0.0209. The van der Waals surface area contributed by atoms with E-state index in [9.17, 15) is 4.79 Å². The number of aliphatic hydroxyl groups is 1. The number of carbonyl (C=O) groups excluding carboxylic acids is 1. The van der Waals surface area contributed by atoms with Crippen molar-refractivity contribution in [2.45, 2.75) is 20.0 Å². The number of ether oxygens (including phenoxy) is 1. The minimum Gasteiger partial charge on any atom is -0.466 e. The minimum atomic E-state index is -0.393. The Morgan fingerprint density at radius 3 is 2.71 bits per heavy atom. The van der Waals surface area contributed by atoms with E-state index in [-0.39, 0.29) is 23.6 Å². The van der Waals surface area contributed by atoms with E-state index in [0.29, 0.717) is 17.7 Å². The first kappa shape index (κ1) is 13.5. The van der Waals surface area contributed by atoms with Gasteiger partial charge in [0, 0.05) is 0 Å². The Morgan fingerprint density at radius 2 is 2.18 bits per heavy atom. The van der Waals surface area contributed by atoms with Crippen LogP contribution in [0.2, 0.25) is 5.02 Å². The van der Waals surface area contributed by atoms with E-state index >= 15 is 0 Å². The summed E-state index contributed by atoms with van der Waals surface area (Å²) in [7, 11) is 0. The topological polar surface area (TPSA) is 70.3 Å². The molecule has 0 aliphatic rings. The molecule has 0 aromatic heterocycles. The number of benzene rings is 1. The second-order valence-corrected chi connectivity index (χ2v) is 3.70. The summed E-state index contributed by atoms with van der Waals surface area (Å²) in [4.78, 5) is 11.3. The van der Waals surface area contributed by atoms with Crippen LogP contribution in [0.3, 0.4) is 0 Å². The molecule has 0 amide bonds. The first-order valence-corrected chi connectivity index (χ1v) is 5.48. The molecule has 0 bridgehead atoms. The molecule has 0 heterocycles. The highest BCUT2D eigenvalue weighted by molar-refractivity contribution is 6.32. The van der Waals surface area contributed by atoms with Crippen molar-refractivity contribution in [3.63, 3.8) is 0 Å². The maximum Gasteiger partial charge on any atom is 0.310 e. The summed E-state index contributed by atoms with van der Waals surface area (Å²) >= 11 is 6.00. The zero-order chi connectivity index (χ0) is 12.8. The molecule has 1 N–H and O–H groups in total. The lowest BCUT2D eigenvalue weighted by Gasteiger charge is -2.08. The quantitative estimate of drug-likeness (QED) is 0.831. The van der Waals surface area contributed by atoms with E-state index < -0.39 is 5.97 Å². The average Bonchev–Trinajstić information content (AvgIpc) is 2.31. The van der Waals surface area contributed by atoms with Crippen LogP contribution in [-0.4, -0.2) is 17.7 Å². The number of rotatable bonds is 4. The number of halogens is 1. The van der Waals surface area contributed by atoms with Crippen LogP contribution in [0.15, 0.2) is 12.1 Å². The predicted octanol–water partition coefficient (Wildman–Crippen LogP) is 1.81. The van der Waals surface area contributed by atoms with E-state index in [4.69, 9.17) is 26.7 Å². The molecule has 1 aromatic rings. The summed E-state index contributed by atoms with van der Waals surface area (Å²) in [6, 6.07) is 5.12. The van der Waals surface area contributed by atoms with Crippen molar-refractivity contribution in [3.8, 4) is 6.07 Å². The van der Waals surface area contributed by atoms with Gasteiger partial charge in [-0.2, -0.15) is 5.26 Å². The molecule has 0 unspecified atom stereocenters. The van der Waals surface area contributed by atoms with Gasteiger partial charge in [-0.3, -0.25) is 4.79 Å². The molecule has 90 valence electrons. The molecule has 1 rings (SSSR count). The van der Waals surface area contributed by atoms with Gasteiger partial charge in [0.1, 0.15) is 6.07 Å². The lowest BCUT2D eigenvalue weighted by atomic mass is 10.0. The summed E-state index contributed by atoms with van der Waals surface area (Å²) in [6.45, 7) is 1.76. The van der Waals surface area contributed by atoms with Gasteiger partial charge >= 0.3 is 5.97 Å². The summed E-state index contributed by atoms with van der Waals surface area (Å²) < 4.78 is 4.80. The Labute approximate surface area is 104 Å². The molecule has 17 heavy (non-hydrogen) atoms. The first-order chi connectivity index (χ1) is 8.13. The highest BCUT2D eigenvalue weighted by atomic mass is 35.5. The predicted molar refractivity (Wildman–Crippen MR) is 62.4 cm³/mol. The van der Waals surface area contributed by atoms with Crippen molar-refractivity contribution in [2.24, 2.45) is 0 Å². The van der Waals surface area contributed by atoms with Gasteiger partial charge in [-0.15, -0.1) is 0 Å². The van der Waals surface area contributed by atoms with Crippen LogP contribution in [0.5, 0.6) is 0 Å². The van der Waals surface area contributed by atoms with Crippen molar-refractivity contribution >= 4 is 17.6 Å². The normalized spacial score (nSPS) is 9.76. The third-order valence-electron chi connectivity index (χ3n) is 2.23. The van der Waals surface area contributed by atoms with Gasteiger partial charge in [-0.25, -0.2) is 0 Å². The Bertz CT molecular complexity index is 466.